The Bertz CT molecular complexity index is 516. The first-order valence-corrected chi connectivity index (χ1v) is 6.85. The molecule has 0 heterocycles. The number of carboxylic acid groups (broad SMARTS) is 1. The largest absolute Gasteiger partial charge is 0.497 e. The van der Waals surface area contributed by atoms with Crippen molar-refractivity contribution < 1.29 is 19.4 Å². The number of carboxylic acids is 1. The summed E-state index contributed by atoms with van der Waals surface area (Å²) in [5.41, 5.74) is 0.253. The van der Waals surface area contributed by atoms with Gasteiger partial charge in [-0.15, -0.1) is 0 Å². The lowest BCUT2D eigenvalue weighted by Gasteiger charge is -2.25. The fourth-order valence-electron chi connectivity index (χ4n) is 1.95. The lowest BCUT2D eigenvalue weighted by Crippen LogP contribution is -2.38. The minimum absolute atomic E-state index is 0.000699. The topological polar surface area (TPSA) is 78.9 Å². The smallest absolute Gasteiger partial charge is 0.337 e. The predicted octanol–water partition coefficient (Wildman–Crippen LogP) is 3.05. The number of carbonyl (C=O) groups excluding carboxylic acids is 1. The molecule has 0 saturated heterocycles. The molecule has 0 aromatic heterocycles. The van der Waals surface area contributed by atoms with Crippen molar-refractivity contribution in [3.05, 3.63) is 23.8 Å². The van der Waals surface area contributed by atoms with Gasteiger partial charge < -0.3 is 20.1 Å². The molecular weight excluding hydrogens is 272 g/mol. The lowest BCUT2D eigenvalue weighted by molar-refractivity contribution is 0.0697. The van der Waals surface area contributed by atoms with E-state index in [0.717, 1.165) is 12.8 Å². The minimum atomic E-state index is -1.12. The standard InChI is InChI=1S/C15H22N2O4/c1-5-6-10(2)17(3)15(20)16-13-8-7-11(21-4)9-12(13)14(18)19/h7-10H,5-6H2,1-4H3,(H,16,20)(H,18,19). The number of nitrogens with one attached hydrogen (secondary N) is 1. The van der Waals surface area contributed by atoms with Crippen LogP contribution in [0.15, 0.2) is 18.2 Å². The number of benzene rings is 1. The molecule has 0 bridgehead atoms. The van der Waals surface area contributed by atoms with Crippen LogP contribution in [0, 0.1) is 0 Å². The quantitative estimate of drug-likeness (QED) is 0.845. The van der Waals surface area contributed by atoms with Crippen molar-refractivity contribution >= 4 is 17.7 Å². The summed E-state index contributed by atoms with van der Waals surface area (Å²) in [6.07, 6.45) is 1.86. The van der Waals surface area contributed by atoms with Crippen LogP contribution in [-0.2, 0) is 0 Å². The summed E-state index contributed by atoms with van der Waals surface area (Å²) < 4.78 is 5.00. The van der Waals surface area contributed by atoms with Crippen molar-refractivity contribution in [2.45, 2.75) is 32.7 Å². The summed E-state index contributed by atoms with van der Waals surface area (Å²) in [6.45, 7) is 4.00. The van der Waals surface area contributed by atoms with Gasteiger partial charge in [0.05, 0.1) is 18.4 Å². The van der Waals surface area contributed by atoms with E-state index in [0.29, 0.717) is 5.75 Å². The zero-order valence-corrected chi connectivity index (χ0v) is 12.8. The maximum absolute atomic E-state index is 12.1. The van der Waals surface area contributed by atoms with Crippen LogP contribution < -0.4 is 10.1 Å². The van der Waals surface area contributed by atoms with Crippen molar-refractivity contribution in [3.8, 4) is 5.75 Å². The molecule has 21 heavy (non-hydrogen) atoms. The highest BCUT2D eigenvalue weighted by molar-refractivity contribution is 6.00. The molecule has 1 rings (SSSR count). The summed E-state index contributed by atoms with van der Waals surface area (Å²) in [5, 5.41) is 11.8. The average molecular weight is 294 g/mol. The van der Waals surface area contributed by atoms with E-state index >= 15 is 0 Å². The average Bonchev–Trinajstić information content (AvgIpc) is 2.46. The molecule has 0 spiro atoms. The van der Waals surface area contributed by atoms with Gasteiger partial charge in [0.1, 0.15) is 5.75 Å². The molecule has 6 heteroatoms. The lowest BCUT2D eigenvalue weighted by atomic mass is 10.1. The molecule has 6 nitrogen and oxygen atoms in total. The van der Waals surface area contributed by atoms with E-state index in [1.165, 1.54) is 19.2 Å². The van der Waals surface area contributed by atoms with Crippen LogP contribution in [0.3, 0.4) is 0 Å². The molecule has 0 aliphatic carbocycles. The molecular formula is C15H22N2O4. The van der Waals surface area contributed by atoms with E-state index in [4.69, 9.17) is 4.74 Å². The molecule has 1 aromatic rings. The van der Waals surface area contributed by atoms with Gasteiger partial charge >= 0.3 is 12.0 Å². The van der Waals surface area contributed by atoms with Gasteiger partial charge in [-0.05, 0) is 31.5 Å². The minimum Gasteiger partial charge on any atom is -0.497 e. The van der Waals surface area contributed by atoms with Gasteiger partial charge in [0.25, 0.3) is 0 Å². The van der Waals surface area contributed by atoms with Gasteiger partial charge in [-0.1, -0.05) is 13.3 Å². The van der Waals surface area contributed by atoms with Gasteiger partial charge in [-0.2, -0.15) is 0 Å². The number of amides is 2. The van der Waals surface area contributed by atoms with Gasteiger partial charge in [-0.25, -0.2) is 9.59 Å². The molecule has 1 unspecified atom stereocenters. The van der Waals surface area contributed by atoms with Crippen LogP contribution in [0.5, 0.6) is 5.75 Å². The molecule has 1 aromatic carbocycles. The molecule has 2 amide bonds. The first-order valence-electron chi connectivity index (χ1n) is 6.85. The number of carbonyl (C=O) groups is 2. The second-order valence-corrected chi connectivity index (χ2v) is 4.90. The Morgan fingerprint density at radius 2 is 2.10 bits per heavy atom. The van der Waals surface area contributed by atoms with E-state index in [-0.39, 0.29) is 23.3 Å². The highest BCUT2D eigenvalue weighted by Crippen LogP contribution is 2.22. The maximum atomic E-state index is 12.1. The Hall–Kier alpha value is -2.24. The zero-order valence-electron chi connectivity index (χ0n) is 12.8. The van der Waals surface area contributed by atoms with Gasteiger partial charge in [0.2, 0.25) is 0 Å². The van der Waals surface area contributed by atoms with Crippen molar-refractivity contribution in [2.24, 2.45) is 0 Å². The zero-order chi connectivity index (χ0) is 16.0. The number of methoxy groups -OCH3 is 1. The predicted molar refractivity (Wildman–Crippen MR) is 81.1 cm³/mol. The normalized spacial score (nSPS) is 11.6. The van der Waals surface area contributed by atoms with Crippen LogP contribution in [-0.4, -0.2) is 42.2 Å². The van der Waals surface area contributed by atoms with Crippen molar-refractivity contribution in [1.29, 1.82) is 0 Å². The molecule has 1 atom stereocenters. The highest BCUT2D eigenvalue weighted by Gasteiger charge is 2.18. The summed E-state index contributed by atoms with van der Waals surface area (Å²) in [4.78, 5) is 25.0. The SMILES string of the molecule is CCCC(C)N(C)C(=O)Nc1ccc(OC)cc1C(=O)O. The number of nitrogens with zero attached hydrogens (tertiary/aromatic N) is 1. The summed E-state index contributed by atoms with van der Waals surface area (Å²) in [5.74, 6) is -0.688. The van der Waals surface area contributed by atoms with Crippen LogP contribution in [0.25, 0.3) is 0 Å². The second-order valence-electron chi connectivity index (χ2n) is 4.90. The van der Waals surface area contributed by atoms with Crippen molar-refractivity contribution in [3.63, 3.8) is 0 Å². The van der Waals surface area contributed by atoms with Gasteiger partial charge in [0.15, 0.2) is 0 Å². The molecule has 0 fully saturated rings. The van der Waals surface area contributed by atoms with Crippen LogP contribution in [0.2, 0.25) is 0 Å². The number of ether oxygens (including phenoxy) is 1. The number of urea groups is 1. The number of aromatic carboxylic acids is 1. The third kappa shape index (κ3) is 4.37. The summed E-state index contributed by atoms with van der Waals surface area (Å²) >= 11 is 0. The fourth-order valence-corrected chi connectivity index (χ4v) is 1.95. The monoisotopic (exact) mass is 294 g/mol. The Morgan fingerprint density at radius 1 is 1.43 bits per heavy atom. The Labute approximate surface area is 124 Å². The molecule has 0 aliphatic heterocycles. The Balaban J connectivity index is 2.92. The highest BCUT2D eigenvalue weighted by atomic mass is 16.5. The molecule has 0 saturated carbocycles. The third-order valence-corrected chi connectivity index (χ3v) is 3.39. The first-order chi connectivity index (χ1) is 9.90. The molecule has 116 valence electrons. The van der Waals surface area contributed by atoms with E-state index < -0.39 is 5.97 Å². The number of anilines is 1. The van der Waals surface area contributed by atoms with Crippen LogP contribution >= 0.6 is 0 Å². The molecule has 2 N–H and O–H groups in total. The molecule has 0 radical (unpaired) electrons. The van der Waals surface area contributed by atoms with Crippen molar-refractivity contribution in [1.82, 2.24) is 4.90 Å². The van der Waals surface area contributed by atoms with E-state index in [2.05, 4.69) is 5.32 Å². The number of hydrogen-bond acceptors (Lipinski definition) is 3. The first kappa shape index (κ1) is 16.8. The van der Waals surface area contributed by atoms with Crippen molar-refractivity contribution in [2.75, 3.05) is 19.5 Å². The Kier molecular flexibility index (Phi) is 6.02. The maximum Gasteiger partial charge on any atom is 0.337 e. The third-order valence-electron chi connectivity index (χ3n) is 3.39. The van der Waals surface area contributed by atoms with E-state index in [1.807, 2.05) is 13.8 Å². The number of hydrogen-bond donors (Lipinski definition) is 2. The second kappa shape index (κ2) is 7.52. The summed E-state index contributed by atoms with van der Waals surface area (Å²) in [7, 11) is 3.15. The Morgan fingerprint density at radius 3 is 2.62 bits per heavy atom. The van der Waals surface area contributed by atoms with Gasteiger partial charge in [-0.3, -0.25) is 0 Å². The van der Waals surface area contributed by atoms with Gasteiger partial charge in [0, 0.05) is 13.1 Å². The van der Waals surface area contributed by atoms with Crippen LogP contribution in [0.1, 0.15) is 37.0 Å². The van der Waals surface area contributed by atoms with Crippen LogP contribution in [0.4, 0.5) is 10.5 Å². The summed E-state index contributed by atoms with van der Waals surface area (Å²) in [6, 6.07) is 4.27. The fraction of sp³-hybridized carbons (Fsp3) is 0.467. The number of rotatable bonds is 6. The molecule has 0 aliphatic rings. The van der Waals surface area contributed by atoms with E-state index in [1.54, 1.807) is 18.0 Å². The van der Waals surface area contributed by atoms with E-state index in [9.17, 15) is 14.7 Å².